The molecule has 4 N–H and O–H groups in total. The normalized spacial score (nSPS) is 10.6. The highest BCUT2D eigenvalue weighted by Crippen LogP contribution is 2.29. The van der Waals surface area contributed by atoms with E-state index in [1.807, 2.05) is 13.0 Å². The summed E-state index contributed by atoms with van der Waals surface area (Å²) < 4.78 is 0. The SMILES string of the molecule is C/C=C/CN(C)C.CN(C=O)c1cccc(Nc2ncnc(N)c2C(=N)c2ccc(Cl)c(Cl)c2)c1. The number of carbonyl (C=O) groups excluding carboxylic acids is 1. The Morgan fingerprint density at radius 1 is 1.11 bits per heavy atom. The number of aromatic nitrogens is 2. The molecule has 35 heavy (non-hydrogen) atoms. The van der Waals surface area contributed by atoms with Crippen molar-refractivity contribution in [2.45, 2.75) is 6.92 Å². The van der Waals surface area contributed by atoms with Gasteiger partial charge in [0.05, 0.1) is 21.3 Å². The van der Waals surface area contributed by atoms with Gasteiger partial charge in [-0.1, -0.05) is 47.5 Å². The molecule has 0 atom stereocenters. The summed E-state index contributed by atoms with van der Waals surface area (Å²) in [5, 5.41) is 12.4. The number of anilines is 4. The van der Waals surface area contributed by atoms with Gasteiger partial charge >= 0.3 is 0 Å². The highest BCUT2D eigenvalue weighted by atomic mass is 35.5. The van der Waals surface area contributed by atoms with Gasteiger partial charge in [0.1, 0.15) is 18.0 Å². The summed E-state index contributed by atoms with van der Waals surface area (Å²) in [7, 11) is 5.76. The number of rotatable bonds is 8. The van der Waals surface area contributed by atoms with E-state index >= 15 is 0 Å². The van der Waals surface area contributed by atoms with E-state index in [4.69, 9.17) is 34.3 Å². The molecule has 0 radical (unpaired) electrons. The maximum absolute atomic E-state index is 11.0. The second kappa shape index (κ2) is 13.4. The van der Waals surface area contributed by atoms with Crippen LogP contribution in [0.2, 0.25) is 10.0 Å². The zero-order valence-electron chi connectivity index (χ0n) is 20.1. The highest BCUT2D eigenvalue weighted by Gasteiger charge is 2.17. The Bertz CT molecular complexity index is 1200. The lowest BCUT2D eigenvalue weighted by Crippen LogP contribution is -2.14. The van der Waals surface area contributed by atoms with E-state index in [1.165, 1.54) is 11.2 Å². The molecule has 1 aromatic heterocycles. The molecule has 1 amide bonds. The van der Waals surface area contributed by atoms with Crippen LogP contribution in [0.4, 0.5) is 23.0 Å². The fourth-order valence-electron chi connectivity index (χ4n) is 2.85. The molecule has 0 saturated carbocycles. The van der Waals surface area contributed by atoms with Crippen LogP contribution >= 0.6 is 23.2 Å². The molecular weight excluding hydrogens is 485 g/mol. The third-order valence-corrected chi connectivity index (χ3v) is 5.45. The van der Waals surface area contributed by atoms with Gasteiger partial charge in [0, 0.05) is 30.5 Å². The monoisotopic (exact) mass is 513 g/mol. The molecule has 10 heteroatoms. The first-order chi connectivity index (χ1) is 16.7. The van der Waals surface area contributed by atoms with E-state index in [0.717, 1.165) is 6.54 Å². The highest BCUT2D eigenvalue weighted by molar-refractivity contribution is 6.42. The van der Waals surface area contributed by atoms with Gasteiger partial charge in [-0.3, -0.25) is 10.2 Å². The van der Waals surface area contributed by atoms with Crippen molar-refractivity contribution in [3.05, 3.63) is 82.1 Å². The van der Waals surface area contributed by atoms with Gasteiger partial charge in [-0.25, -0.2) is 9.97 Å². The first-order valence-corrected chi connectivity index (χ1v) is 11.4. The Morgan fingerprint density at radius 3 is 2.46 bits per heavy atom. The minimum atomic E-state index is 0.0975. The Morgan fingerprint density at radius 2 is 1.86 bits per heavy atom. The predicted octanol–water partition coefficient (Wildman–Crippen LogP) is 5.24. The third kappa shape index (κ3) is 8.06. The van der Waals surface area contributed by atoms with Gasteiger partial charge in [0.2, 0.25) is 6.41 Å². The summed E-state index contributed by atoms with van der Waals surface area (Å²) >= 11 is 12.0. The fourth-order valence-corrected chi connectivity index (χ4v) is 3.15. The molecule has 0 spiro atoms. The summed E-state index contributed by atoms with van der Waals surface area (Å²) in [5.74, 6) is 0.504. The number of likely N-dealkylation sites (N-methyl/N-ethyl adjacent to an activating group) is 1. The van der Waals surface area contributed by atoms with E-state index in [-0.39, 0.29) is 11.5 Å². The van der Waals surface area contributed by atoms with E-state index in [1.54, 1.807) is 43.4 Å². The molecule has 0 fully saturated rings. The van der Waals surface area contributed by atoms with E-state index in [9.17, 15) is 4.79 Å². The minimum Gasteiger partial charge on any atom is -0.383 e. The van der Waals surface area contributed by atoms with Crippen molar-refractivity contribution in [2.75, 3.05) is 43.6 Å². The molecule has 0 saturated heterocycles. The van der Waals surface area contributed by atoms with E-state index < -0.39 is 0 Å². The van der Waals surface area contributed by atoms with Crippen molar-refractivity contribution < 1.29 is 4.79 Å². The van der Waals surface area contributed by atoms with Crippen molar-refractivity contribution >= 4 is 58.3 Å². The van der Waals surface area contributed by atoms with E-state index in [2.05, 4.69) is 46.4 Å². The number of allylic oxidation sites excluding steroid dienone is 1. The number of carbonyl (C=O) groups is 1. The number of amides is 1. The first kappa shape index (κ1) is 27.8. The molecule has 0 aliphatic heterocycles. The second-order valence-electron chi connectivity index (χ2n) is 7.71. The number of hydrogen-bond donors (Lipinski definition) is 3. The van der Waals surface area contributed by atoms with Crippen LogP contribution in [0, 0.1) is 5.41 Å². The molecule has 3 aromatic rings. The summed E-state index contributed by atoms with van der Waals surface area (Å²) in [6.07, 6.45) is 6.21. The molecule has 8 nitrogen and oxygen atoms in total. The topological polar surface area (TPSA) is 111 Å². The summed E-state index contributed by atoms with van der Waals surface area (Å²) in [6.45, 7) is 3.08. The predicted molar refractivity (Wildman–Crippen MR) is 146 cm³/mol. The number of hydrogen-bond acceptors (Lipinski definition) is 7. The van der Waals surface area contributed by atoms with Crippen molar-refractivity contribution in [1.82, 2.24) is 14.9 Å². The second-order valence-corrected chi connectivity index (χ2v) is 8.52. The Balaban J connectivity index is 0.000000540. The number of nitrogens with zero attached hydrogens (tertiary/aromatic N) is 4. The molecular formula is C25H29Cl2N7O. The van der Waals surface area contributed by atoms with Crippen LogP contribution < -0.4 is 16.0 Å². The Hall–Kier alpha value is -3.46. The minimum absolute atomic E-state index is 0.0975. The lowest BCUT2D eigenvalue weighted by Gasteiger charge is -2.16. The molecule has 3 rings (SSSR count). The van der Waals surface area contributed by atoms with Crippen LogP contribution in [0.3, 0.4) is 0 Å². The lowest BCUT2D eigenvalue weighted by atomic mass is 10.0. The molecule has 0 bridgehead atoms. The Labute approximate surface area is 215 Å². The van der Waals surface area contributed by atoms with Gasteiger partial charge in [0.25, 0.3) is 0 Å². The molecule has 0 unspecified atom stereocenters. The first-order valence-electron chi connectivity index (χ1n) is 10.6. The fraction of sp³-hybridized carbons (Fsp3) is 0.200. The maximum atomic E-state index is 11.0. The van der Waals surface area contributed by atoms with Gasteiger partial charge in [-0.05, 0) is 51.4 Å². The quantitative estimate of drug-likeness (QED) is 0.215. The van der Waals surface area contributed by atoms with Gasteiger partial charge in [0.15, 0.2) is 0 Å². The van der Waals surface area contributed by atoms with Crippen molar-refractivity contribution in [1.29, 1.82) is 5.41 Å². The zero-order chi connectivity index (χ0) is 26.0. The van der Waals surface area contributed by atoms with Gasteiger partial charge < -0.3 is 20.9 Å². The summed E-state index contributed by atoms with van der Waals surface area (Å²) in [4.78, 5) is 22.8. The van der Waals surface area contributed by atoms with E-state index in [0.29, 0.717) is 44.8 Å². The van der Waals surface area contributed by atoms with Gasteiger partial charge in [-0.15, -0.1) is 0 Å². The van der Waals surface area contributed by atoms with Crippen molar-refractivity contribution in [3.8, 4) is 0 Å². The zero-order valence-corrected chi connectivity index (χ0v) is 21.6. The summed E-state index contributed by atoms with van der Waals surface area (Å²) in [5.41, 5.74) is 8.35. The smallest absolute Gasteiger partial charge is 0.213 e. The van der Waals surface area contributed by atoms with Crippen LogP contribution in [0.5, 0.6) is 0 Å². The maximum Gasteiger partial charge on any atom is 0.213 e. The number of nitrogen functional groups attached to an aromatic ring is 1. The van der Waals surface area contributed by atoms with Crippen molar-refractivity contribution in [2.24, 2.45) is 0 Å². The van der Waals surface area contributed by atoms with Crippen LogP contribution in [0.25, 0.3) is 0 Å². The largest absolute Gasteiger partial charge is 0.383 e. The number of benzene rings is 2. The standard InChI is InChI=1S/C19H16Cl2N6O.C6H13N/c1-27(10-28)13-4-2-3-12(8-13)26-19-16(18(23)24-9-25-19)17(22)11-5-6-14(20)15(21)7-11;1-4-5-6-7(2)3/h2-10,22H,1H3,(H3,23,24,25,26);4-5H,6H2,1-3H3/b;5-4+. The molecule has 0 aliphatic carbocycles. The molecule has 0 aliphatic rings. The third-order valence-electron chi connectivity index (χ3n) is 4.72. The van der Waals surface area contributed by atoms with Crippen LogP contribution in [0.15, 0.2) is 60.9 Å². The number of nitrogens with two attached hydrogens (primary N) is 1. The van der Waals surface area contributed by atoms with Crippen molar-refractivity contribution in [3.63, 3.8) is 0 Å². The van der Waals surface area contributed by atoms with Crippen LogP contribution in [0.1, 0.15) is 18.1 Å². The van der Waals surface area contributed by atoms with Gasteiger partial charge in [-0.2, -0.15) is 0 Å². The van der Waals surface area contributed by atoms with Crippen LogP contribution in [-0.4, -0.2) is 54.7 Å². The number of nitrogens with one attached hydrogen (secondary N) is 2. The lowest BCUT2D eigenvalue weighted by molar-refractivity contribution is -0.107. The summed E-state index contributed by atoms with van der Waals surface area (Å²) in [6, 6.07) is 12.1. The molecule has 184 valence electrons. The average molecular weight is 514 g/mol. The average Bonchev–Trinajstić information content (AvgIpc) is 2.84. The molecule has 1 heterocycles. The number of halogens is 2. The van der Waals surface area contributed by atoms with Crippen LogP contribution in [-0.2, 0) is 4.79 Å². The Kier molecular flexibility index (Phi) is 10.7. The molecule has 2 aromatic carbocycles.